The first kappa shape index (κ1) is 23.8. The molecule has 1 aliphatic heterocycles. The number of anilines is 1. The highest BCUT2D eigenvalue weighted by molar-refractivity contribution is 7.89. The van der Waals surface area contributed by atoms with Crippen LogP contribution < -0.4 is 9.62 Å². The van der Waals surface area contributed by atoms with Gasteiger partial charge in [0, 0.05) is 32.2 Å². The summed E-state index contributed by atoms with van der Waals surface area (Å²) >= 11 is 0. The van der Waals surface area contributed by atoms with Crippen molar-refractivity contribution in [2.45, 2.75) is 24.4 Å². The van der Waals surface area contributed by atoms with Crippen LogP contribution in [-0.2, 0) is 21.4 Å². The summed E-state index contributed by atoms with van der Waals surface area (Å²) < 4.78 is 28.6. The van der Waals surface area contributed by atoms with Gasteiger partial charge >= 0.3 is 0 Å². The van der Waals surface area contributed by atoms with Crippen molar-refractivity contribution >= 4 is 32.8 Å². The van der Waals surface area contributed by atoms with Crippen molar-refractivity contribution in [1.82, 2.24) is 24.6 Å². The van der Waals surface area contributed by atoms with Gasteiger partial charge in [0.1, 0.15) is 17.9 Å². The zero-order valence-corrected chi connectivity index (χ0v) is 20.8. The molecule has 0 unspecified atom stereocenters. The summed E-state index contributed by atoms with van der Waals surface area (Å²) in [7, 11) is -1.94. The second-order valence-electron chi connectivity index (χ2n) is 8.73. The molecule has 1 aliphatic rings. The molecule has 1 amide bonds. The minimum absolute atomic E-state index is 0.0186. The number of rotatable bonds is 6. The van der Waals surface area contributed by atoms with E-state index >= 15 is 0 Å². The normalized spacial score (nSPS) is 16.5. The largest absolute Gasteiger partial charge is 0.342 e. The monoisotopic (exact) mass is 502 g/mol. The first-order valence-corrected chi connectivity index (χ1v) is 13.1. The predicted octanol–water partition coefficient (Wildman–Crippen LogP) is 2.84. The Kier molecular flexibility index (Phi) is 6.38. The summed E-state index contributed by atoms with van der Waals surface area (Å²) in [6.07, 6.45) is 1.47. The molecule has 0 saturated carbocycles. The van der Waals surface area contributed by atoms with Crippen LogP contribution in [0.1, 0.15) is 12.5 Å². The molecule has 4 aromatic rings. The van der Waals surface area contributed by atoms with E-state index in [1.165, 1.54) is 6.33 Å². The van der Waals surface area contributed by atoms with Gasteiger partial charge in [-0.1, -0.05) is 42.5 Å². The maximum Gasteiger partial charge on any atom is 0.244 e. The smallest absolute Gasteiger partial charge is 0.244 e. The minimum Gasteiger partial charge on any atom is -0.342 e. The van der Waals surface area contributed by atoms with Crippen LogP contribution in [0.2, 0.25) is 0 Å². The van der Waals surface area contributed by atoms with E-state index in [1.54, 1.807) is 36.2 Å². The van der Waals surface area contributed by atoms with Crippen LogP contribution in [0.25, 0.3) is 22.3 Å². The van der Waals surface area contributed by atoms with E-state index in [9.17, 15) is 13.2 Å². The lowest BCUT2D eigenvalue weighted by molar-refractivity contribution is -0.132. The van der Waals surface area contributed by atoms with Gasteiger partial charge in [0.15, 0.2) is 5.82 Å². The zero-order chi connectivity index (χ0) is 25.3. The number of hydrogen-bond donors (Lipinski definition) is 1. The molecule has 1 saturated heterocycles. The molecule has 9 nitrogen and oxygen atoms in total. The number of sulfonamides is 1. The Morgan fingerprint density at radius 3 is 2.61 bits per heavy atom. The fourth-order valence-corrected chi connectivity index (χ4v) is 5.34. The van der Waals surface area contributed by atoms with Crippen molar-refractivity contribution < 1.29 is 13.2 Å². The van der Waals surface area contributed by atoms with E-state index in [2.05, 4.69) is 14.7 Å². The Morgan fingerprint density at radius 2 is 1.81 bits per heavy atom. The fraction of sp³-hybridized carbons (Fsp3) is 0.231. The standard InChI is InChI=1S/C26H26N6O3S/c1-18-26(33)31(2)13-14-32(18)25-24-23(27-17-28-25)12-11-22(30-24)20-9-6-10-21(15-20)36(34,35)29-16-19-7-4-3-5-8-19/h3-12,15,17-18,29H,13-14,16H2,1-2H3/t18-/m1/s1. The van der Waals surface area contributed by atoms with Crippen LogP contribution >= 0.6 is 0 Å². The van der Waals surface area contributed by atoms with E-state index in [0.717, 1.165) is 5.56 Å². The van der Waals surface area contributed by atoms with E-state index in [0.29, 0.717) is 41.2 Å². The van der Waals surface area contributed by atoms with Crippen molar-refractivity contribution in [1.29, 1.82) is 0 Å². The van der Waals surface area contributed by atoms with E-state index in [4.69, 9.17) is 4.98 Å². The molecule has 2 aromatic carbocycles. The number of carbonyl (C=O) groups is 1. The fourth-order valence-electron chi connectivity index (χ4n) is 4.28. The topological polar surface area (TPSA) is 108 Å². The lowest BCUT2D eigenvalue weighted by Gasteiger charge is -2.38. The molecular formula is C26H26N6O3S. The number of benzene rings is 2. The first-order chi connectivity index (χ1) is 17.3. The van der Waals surface area contributed by atoms with Crippen LogP contribution in [0, 0.1) is 0 Å². The summed E-state index contributed by atoms with van der Waals surface area (Å²) in [5, 5.41) is 0. The quantitative estimate of drug-likeness (QED) is 0.432. The van der Waals surface area contributed by atoms with E-state index in [-0.39, 0.29) is 23.4 Å². The summed E-state index contributed by atoms with van der Waals surface area (Å²) in [6.45, 7) is 3.27. The summed E-state index contributed by atoms with van der Waals surface area (Å²) in [5.41, 5.74) is 3.33. The number of amides is 1. The van der Waals surface area contributed by atoms with Gasteiger partial charge in [-0.05, 0) is 36.8 Å². The zero-order valence-electron chi connectivity index (χ0n) is 20.0. The Hall–Kier alpha value is -3.89. The third-order valence-corrected chi connectivity index (χ3v) is 7.76. The van der Waals surface area contributed by atoms with E-state index in [1.807, 2.05) is 54.3 Å². The molecule has 1 fully saturated rings. The number of nitrogens with one attached hydrogen (secondary N) is 1. The highest BCUT2D eigenvalue weighted by Gasteiger charge is 2.31. The second-order valence-corrected chi connectivity index (χ2v) is 10.5. The minimum atomic E-state index is -3.73. The molecule has 184 valence electrons. The summed E-state index contributed by atoms with van der Waals surface area (Å²) in [6, 6.07) is 19.3. The van der Waals surface area contributed by atoms with Gasteiger partial charge in [-0.3, -0.25) is 4.79 Å². The third kappa shape index (κ3) is 4.65. The Balaban J connectivity index is 1.47. The highest BCUT2D eigenvalue weighted by Crippen LogP contribution is 2.28. The Bertz CT molecular complexity index is 1530. The van der Waals surface area contributed by atoms with Crippen molar-refractivity contribution in [3.63, 3.8) is 0 Å². The number of carbonyl (C=O) groups excluding carboxylic acids is 1. The molecule has 3 heterocycles. The lowest BCUT2D eigenvalue weighted by Crippen LogP contribution is -2.54. The molecule has 0 spiro atoms. The van der Waals surface area contributed by atoms with Crippen molar-refractivity contribution in [3.05, 3.63) is 78.6 Å². The SMILES string of the molecule is C[C@@H]1C(=O)N(C)CCN1c1ncnc2ccc(-c3cccc(S(=O)(=O)NCc4ccccc4)c3)nc12. The van der Waals surface area contributed by atoms with Gasteiger partial charge in [0.25, 0.3) is 0 Å². The number of pyridine rings is 1. The molecule has 0 bridgehead atoms. The average Bonchev–Trinajstić information content (AvgIpc) is 2.91. The first-order valence-electron chi connectivity index (χ1n) is 11.6. The van der Waals surface area contributed by atoms with Gasteiger partial charge < -0.3 is 9.80 Å². The van der Waals surface area contributed by atoms with Gasteiger partial charge in [0.2, 0.25) is 15.9 Å². The third-order valence-electron chi connectivity index (χ3n) is 6.36. The van der Waals surface area contributed by atoms with Gasteiger partial charge in [-0.2, -0.15) is 0 Å². The van der Waals surface area contributed by atoms with Gasteiger partial charge in [0.05, 0.1) is 16.1 Å². The summed E-state index contributed by atoms with van der Waals surface area (Å²) in [5.74, 6) is 0.606. The van der Waals surface area contributed by atoms with E-state index < -0.39 is 10.0 Å². The predicted molar refractivity (Wildman–Crippen MR) is 138 cm³/mol. The number of fused-ring (bicyclic) bond motifs is 1. The maximum atomic E-state index is 13.0. The number of nitrogens with zero attached hydrogens (tertiary/aromatic N) is 5. The maximum absolute atomic E-state index is 13.0. The number of aromatic nitrogens is 3. The molecule has 0 aliphatic carbocycles. The van der Waals surface area contributed by atoms with Crippen LogP contribution in [0.4, 0.5) is 5.82 Å². The molecule has 10 heteroatoms. The van der Waals surface area contributed by atoms with Gasteiger partial charge in [-0.25, -0.2) is 28.1 Å². The number of likely N-dealkylation sites (N-methyl/N-ethyl adjacent to an activating group) is 1. The molecule has 0 radical (unpaired) electrons. The second kappa shape index (κ2) is 9.63. The molecule has 1 N–H and O–H groups in total. The molecule has 5 rings (SSSR count). The Labute approximate surface area is 209 Å². The molecular weight excluding hydrogens is 476 g/mol. The van der Waals surface area contributed by atoms with Gasteiger partial charge in [-0.15, -0.1) is 0 Å². The molecule has 1 atom stereocenters. The average molecular weight is 503 g/mol. The summed E-state index contributed by atoms with van der Waals surface area (Å²) in [4.78, 5) is 30.0. The molecule has 2 aromatic heterocycles. The van der Waals surface area contributed by atoms with Crippen LogP contribution in [0.3, 0.4) is 0 Å². The lowest BCUT2D eigenvalue weighted by atomic mass is 10.1. The number of hydrogen-bond acceptors (Lipinski definition) is 7. The van der Waals surface area contributed by atoms with Crippen LogP contribution in [0.5, 0.6) is 0 Å². The Morgan fingerprint density at radius 1 is 1.00 bits per heavy atom. The van der Waals surface area contributed by atoms with Crippen LogP contribution in [-0.4, -0.2) is 60.4 Å². The van der Waals surface area contributed by atoms with Crippen molar-refractivity contribution in [2.75, 3.05) is 25.0 Å². The van der Waals surface area contributed by atoms with Crippen molar-refractivity contribution in [3.8, 4) is 11.3 Å². The molecule has 36 heavy (non-hydrogen) atoms. The van der Waals surface area contributed by atoms with Crippen molar-refractivity contribution in [2.24, 2.45) is 0 Å². The highest BCUT2D eigenvalue weighted by atomic mass is 32.2. The van der Waals surface area contributed by atoms with Crippen LogP contribution in [0.15, 0.2) is 78.0 Å². The number of piperazine rings is 1.